The van der Waals surface area contributed by atoms with Gasteiger partial charge in [0.1, 0.15) is 11.9 Å². The van der Waals surface area contributed by atoms with E-state index in [1.165, 1.54) is 41.0 Å². The molecule has 144 valence electrons. The van der Waals surface area contributed by atoms with Crippen LogP contribution in [0.4, 0.5) is 0 Å². The molecule has 9 nitrogen and oxygen atoms in total. The number of carbonyl (C=O) groups is 1. The summed E-state index contributed by atoms with van der Waals surface area (Å²) in [6.45, 7) is 0.390. The van der Waals surface area contributed by atoms with E-state index in [0.29, 0.717) is 24.6 Å². The Morgan fingerprint density at radius 2 is 2.04 bits per heavy atom. The first kappa shape index (κ1) is 19.1. The molecule has 1 aliphatic heterocycles. The molecule has 2 aromatic rings. The second-order valence-electron chi connectivity index (χ2n) is 6.02. The summed E-state index contributed by atoms with van der Waals surface area (Å²) in [7, 11) is -3.67. The third-order valence-electron chi connectivity index (χ3n) is 4.01. The molecule has 27 heavy (non-hydrogen) atoms. The number of sulfonamides is 1. The van der Waals surface area contributed by atoms with Crippen molar-refractivity contribution in [2.24, 2.45) is 5.73 Å². The van der Waals surface area contributed by atoms with E-state index in [9.17, 15) is 13.2 Å². The highest BCUT2D eigenvalue weighted by molar-refractivity contribution is 7.89. The second kappa shape index (κ2) is 8.31. The monoisotopic (exact) mass is 392 g/mol. The molecule has 3 rings (SSSR count). The highest BCUT2D eigenvalue weighted by Gasteiger charge is 2.31. The molecule has 10 heteroatoms. The van der Waals surface area contributed by atoms with Gasteiger partial charge < -0.3 is 15.2 Å². The Morgan fingerprint density at radius 1 is 1.26 bits per heavy atom. The molecule has 1 unspecified atom stereocenters. The fraction of sp³-hybridized carbons (Fsp3) is 0.353. The van der Waals surface area contributed by atoms with Crippen molar-refractivity contribution in [1.82, 2.24) is 14.3 Å². The second-order valence-corrected chi connectivity index (χ2v) is 7.95. The number of ether oxygens (including phenoxy) is 2. The van der Waals surface area contributed by atoms with Crippen molar-refractivity contribution in [3.05, 3.63) is 42.9 Å². The Kier molecular flexibility index (Phi) is 5.87. The summed E-state index contributed by atoms with van der Waals surface area (Å²) in [5, 5.41) is 0. The Hall–Kier alpha value is -2.72. The number of piperidine rings is 1. The van der Waals surface area contributed by atoms with Gasteiger partial charge in [-0.2, -0.15) is 4.31 Å². The molecule has 0 aliphatic carbocycles. The fourth-order valence-electron chi connectivity index (χ4n) is 2.75. The predicted molar refractivity (Wildman–Crippen MR) is 95.6 cm³/mol. The van der Waals surface area contributed by atoms with Crippen LogP contribution in [0.5, 0.6) is 11.6 Å². The van der Waals surface area contributed by atoms with E-state index in [1.807, 2.05) is 0 Å². The summed E-state index contributed by atoms with van der Waals surface area (Å²) < 4.78 is 38.1. The first-order valence-corrected chi connectivity index (χ1v) is 9.83. The molecule has 1 atom stereocenters. The standard InChI is InChI=1S/C17H20N4O5S/c18-16(22)12-25-13-3-5-15(6-4-13)27(23,24)21-9-1-2-14(11-21)26-17-10-19-7-8-20-17/h3-8,10,14H,1-2,9,11-12H2,(H2,18,22). The first-order chi connectivity index (χ1) is 12.9. The van der Waals surface area contributed by atoms with E-state index in [-0.39, 0.29) is 24.2 Å². The molecule has 1 aromatic heterocycles. The van der Waals surface area contributed by atoms with E-state index < -0.39 is 15.9 Å². The lowest BCUT2D eigenvalue weighted by molar-refractivity contribution is -0.119. The van der Waals surface area contributed by atoms with Crippen LogP contribution in [-0.2, 0) is 14.8 Å². The van der Waals surface area contributed by atoms with Gasteiger partial charge in [0, 0.05) is 18.9 Å². The number of carbonyl (C=O) groups excluding carboxylic acids is 1. The van der Waals surface area contributed by atoms with Crippen LogP contribution in [0.15, 0.2) is 47.8 Å². The van der Waals surface area contributed by atoms with Crippen LogP contribution in [0.25, 0.3) is 0 Å². The molecule has 1 fully saturated rings. The average Bonchev–Trinajstić information content (AvgIpc) is 2.68. The van der Waals surface area contributed by atoms with Crippen molar-refractivity contribution >= 4 is 15.9 Å². The summed E-state index contributed by atoms with van der Waals surface area (Å²) in [4.78, 5) is 18.9. The molecule has 0 spiro atoms. The van der Waals surface area contributed by atoms with Crippen LogP contribution in [-0.4, -0.2) is 54.4 Å². The predicted octanol–water partition coefficient (Wildman–Crippen LogP) is 0.573. The van der Waals surface area contributed by atoms with Gasteiger partial charge in [-0.05, 0) is 37.1 Å². The molecule has 0 saturated carbocycles. The van der Waals surface area contributed by atoms with Crippen LogP contribution in [0.3, 0.4) is 0 Å². The lowest BCUT2D eigenvalue weighted by Crippen LogP contribution is -2.44. The molecule has 2 heterocycles. The summed E-state index contributed by atoms with van der Waals surface area (Å²) in [6, 6.07) is 5.87. The van der Waals surface area contributed by atoms with Crippen molar-refractivity contribution in [1.29, 1.82) is 0 Å². The molecule has 1 aromatic carbocycles. The molecule has 2 N–H and O–H groups in total. The Labute approximate surface area is 157 Å². The summed E-state index contributed by atoms with van der Waals surface area (Å²) in [5.74, 6) is 0.141. The molecule has 0 radical (unpaired) electrons. The molecular weight excluding hydrogens is 372 g/mol. The molecular formula is C17H20N4O5S. The third kappa shape index (κ3) is 4.92. The number of nitrogens with zero attached hydrogens (tertiary/aromatic N) is 3. The summed E-state index contributed by atoms with van der Waals surface area (Å²) in [5.41, 5.74) is 5.02. The topological polar surface area (TPSA) is 125 Å². The zero-order valence-electron chi connectivity index (χ0n) is 14.5. The largest absolute Gasteiger partial charge is 0.484 e. The minimum atomic E-state index is -3.67. The van der Waals surface area contributed by atoms with E-state index >= 15 is 0 Å². The molecule has 0 bridgehead atoms. The van der Waals surface area contributed by atoms with E-state index in [2.05, 4.69) is 9.97 Å². The lowest BCUT2D eigenvalue weighted by Gasteiger charge is -2.31. The number of primary amides is 1. The number of hydrogen-bond donors (Lipinski definition) is 1. The van der Waals surface area contributed by atoms with Gasteiger partial charge >= 0.3 is 0 Å². The van der Waals surface area contributed by atoms with Gasteiger partial charge in [-0.15, -0.1) is 0 Å². The smallest absolute Gasteiger partial charge is 0.255 e. The van der Waals surface area contributed by atoms with Crippen LogP contribution in [0.2, 0.25) is 0 Å². The van der Waals surface area contributed by atoms with Gasteiger partial charge in [0.25, 0.3) is 5.91 Å². The maximum atomic E-state index is 12.9. The average molecular weight is 392 g/mol. The van der Waals surface area contributed by atoms with Gasteiger partial charge in [-0.1, -0.05) is 0 Å². The van der Waals surface area contributed by atoms with E-state index in [4.69, 9.17) is 15.2 Å². The zero-order chi connectivity index (χ0) is 19.3. The Bertz CT molecular complexity index is 874. The normalized spacial score (nSPS) is 18.0. The van der Waals surface area contributed by atoms with Crippen molar-refractivity contribution in [3.8, 4) is 11.6 Å². The van der Waals surface area contributed by atoms with Crippen LogP contribution in [0.1, 0.15) is 12.8 Å². The first-order valence-electron chi connectivity index (χ1n) is 8.39. The summed E-state index contributed by atoms with van der Waals surface area (Å²) >= 11 is 0. The number of aromatic nitrogens is 2. The van der Waals surface area contributed by atoms with Gasteiger partial charge in [0.05, 0.1) is 17.6 Å². The zero-order valence-corrected chi connectivity index (χ0v) is 15.3. The summed E-state index contributed by atoms with van der Waals surface area (Å²) in [6.07, 6.45) is 5.70. The van der Waals surface area contributed by atoms with Gasteiger partial charge in [-0.25, -0.2) is 13.4 Å². The van der Waals surface area contributed by atoms with Gasteiger partial charge in [0.15, 0.2) is 6.61 Å². The van der Waals surface area contributed by atoms with E-state index in [1.54, 1.807) is 6.20 Å². The number of benzene rings is 1. The van der Waals surface area contributed by atoms with Gasteiger partial charge in [0.2, 0.25) is 15.9 Å². The number of nitrogens with two attached hydrogens (primary N) is 1. The fourth-order valence-corrected chi connectivity index (χ4v) is 4.26. The third-order valence-corrected chi connectivity index (χ3v) is 5.89. The number of rotatable bonds is 7. The van der Waals surface area contributed by atoms with Crippen LogP contribution >= 0.6 is 0 Å². The van der Waals surface area contributed by atoms with Crippen molar-refractivity contribution in [2.45, 2.75) is 23.8 Å². The highest BCUT2D eigenvalue weighted by Crippen LogP contribution is 2.24. The lowest BCUT2D eigenvalue weighted by atomic mass is 10.1. The number of amides is 1. The quantitative estimate of drug-likeness (QED) is 0.730. The van der Waals surface area contributed by atoms with Crippen molar-refractivity contribution < 1.29 is 22.7 Å². The molecule has 1 amide bonds. The molecule has 1 saturated heterocycles. The number of hydrogen-bond acceptors (Lipinski definition) is 7. The maximum Gasteiger partial charge on any atom is 0.255 e. The van der Waals surface area contributed by atoms with E-state index in [0.717, 1.165) is 6.42 Å². The minimum absolute atomic E-state index is 0.147. The SMILES string of the molecule is NC(=O)COc1ccc(S(=O)(=O)N2CCCC(Oc3cnccn3)C2)cc1. The van der Waals surface area contributed by atoms with Crippen molar-refractivity contribution in [2.75, 3.05) is 19.7 Å². The highest BCUT2D eigenvalue weighted by atomic mass is 32.2. The minimum Gasteiger partial charge on any atom is -0.484 e. The van der Waals surface area contributed by atoms with Gasteiger partial charge in [-0.3, -0.25) is 9.78 Å². The van der Waals surface area contributed by atoms with Crippen LogP contribution in [0, 0.1) is 0 Å². The Balaban J connectivity index is 1.67. The van der Waals surface area contributed by atoms with Crippen LogP contribution < -0.4 is 15.2 Å². The Morgan fingerprint density at radius 3 is 2.70 bits per heavy atom. The molecule has 1 aliphatic rings. The van der Waals surface area contributed by atoms with Crippen molar-refractivity contribution in [3.63, 3.8) is 0 Å². The maximum absolute atomic E-state index is 12.9.